The number of H-pyrrole nitrogens is 1. The van der Waals surface area contributed by atoms with E-state index in [4.69, 9.17) is 5.73 Å². The van der Waals surface area contributed by atoms with Gasteiger partial charge in [-0.2, -0.15) is 0 Å². The van der Waals surface area contributed by atoms with Gasteiger partial charge in [-0.1, -0.05) is 0 Å². The number of non-ortho nitro benzene ring substituents is 1. The summed E-state index contributed by atoms with van der Waals surface area (Å²) in [6.07, 6.45) is 1.51. The zero-order valence-electron chi connectivity index (χ0n) is 12.2. The van der Waals surface area contributed by atoms with Gasteiger partial charge in [0.1, 0.15) is 0 Å². The van der Waals surface area contributed by atoms with Crippen molar-refractivity contribution in [2.75, 3.05) is 13.1 Å². The van der Waals surface area contributed by atoms with Gasteiger partial charge in [0.25, 0.3) is 11.6 Å². The van der Waals surface area contributed by atoms with E-state index in [1.54, 1.807) is 0 Å². The molecule has 0 unspecified atom stereocenters. The van der Waals surface area contributed by atoms with Gasteiger partial charge in [0.15, 0.2) is 0 Å². The molecule has 23 heavy (non-hydrogen) atoms. The van der Waals surface area contributed by atoms with Crippen LogP contribution >= 0.6 is 12.4 Å². The highest BCUT2D eigenvalue weighted by Crippen LogP contribution is 2.21. The fourth-order valence-electron chi connectivity index (χ4n) is 2.11. The largest absolute Gasteiger partial charge is 0.352 e. The van der Waals surface area contributed by atoms with Crippen LogP contribution in [0.3, 0.4) is 0 Å². The Morgan fingerprint density at radius 1 is 1.30 bits per heavy atom. The standard InChI is InChI=1S/C14H16N4O4.ClH/c15-5-1-2-6-16-14(20)11-8-13(19)17-12-4-3-9(18(21)22)7-10(11)12;/h3-4,7-8H,1-2,5-6,15H2,(H,16,20)(H,17,19);1H. The highest BCUT2D eigenvalue weighted by atomic mass is 35.5. The van der Waals surface area contributed by atoms with Gasteiger partial charge in [-0.3, -0.25) is 19.7 Å². The smallest absolute Gasteiger partial charge is 0.270 e. The van der Waals surface area contributed by atoms with Gasteiger partial charge in [-0.05, 0) is 25.5 Å². The van der Waals surface area contributed by atoms with Crippen LogP contribution in [0, 0.1) is 10.1 Å². The summed E-state index contributed by atoms with van der Waals surface area (Å²) in [6.45, 7) is 0.968. The Bertz CT molecular complexity index is 775. The second-order valence-corrected chi connectivity index (χ2v) is 4.79. The maximum Gasteiger partial charge on any atom is 0.270 e. The SMILES string of the molecule is Cl.NCCCCNC(=O)c1cc(=O)[nH]c2ccc([N+](=O)[O-])cc12. The lowest BCUT2D eigenvalue weighted by Gasteiger charge is -2.07. The number of hydrogen-bond acceptors (Lipinski definition) is 5. The minimum Gasteiger partial charge on any atom is -0.352 e. The van der Waals surface area contributed by atoms with Gasteiger partial charge in [-0.25, -0.2) is 0 Å². The molecule has 0 bridgehead atoms. The first-order valence-electron chi connectivity index (χ1n) is 6.82. The Kier molecular flexibility index (Phi) is 6.67. The number of carbonyl (C=O) groups is 1. The first-order valence-corrected chi connectivity index (χ1v) is 6.82. The van der Waals surface area contributed by atoms with Crippen LogP contribution in [0.2, 0.25) is 0 Å². The van der Waals surface area contributed by atoms with Crippen molar-refractivity contribution in [1.82, 2.24) is 10.3 Å². The predicted octanol–water partition coefficient (Wildman–Crippen LogP) is 1.33. The third-order valence-corrected chi connectivity index (χ3v) is 3.20. The Hall–Kier alpha value is -2.45. The lowest BCUT2D eigenvalue weighted by molar-refractivity contribution is -0.384. The maximum absolute atomic E-state index is 12.2. The molecule has 4 N–H and O–H groups in total. The van der Waals surface area contributed by atoms with Crippen molar-refractivity contribution in [2.24, 2.45) is 5.73 Å². The number of carbonyl (C=O) groups excluding carboxylic acids is 1. The molecule has 2 rings (SSSR count). The van der Waals surface area contributed by atoms with Crippen molar-refractivity contribution in [2.45, 2.75) is 12.8 Å². The number of rotatable bonds is 6. The number of pyridine rings is 1. The van der Waals surface area contributed by atoms with E-state index in [0.717, 1.165) is 18.9 Å². The van der Waals surface area contributed by atoms with E-state index in [2.05, 4.69) is 10.3 Å². The zero-order chi connectivity index (χ0) is 16.1. The van der Waals surface area contributed by atoms with Crippen LogP contribution < -0.4 is 16.6 Å². The molecule has 1 aromatic heterocycles. The molecule has 2 aromatic rings. The number of unbranched alkanes of at least 4 members (excludes halogenated alkanes) is 1. The van der Waals surface area contributed by atoms with E-state index < -0.39 is 16.4 Å². The molecule has 124 valence electrons. The molecule has 0 aliphatic rings. The fraction of sp³-hybridized carbons (Fsp3) is 0.286. The van der Waals surface area contributed by atoms with E-state index >= 15 is 0 Å². The number of aromatic amines is 1. The van der Waals surface area contributed by atoms with Crippen molar-refractivity contribution < 1.29 is 9.72 Å². The van der Waals surface area contributed by atoms with Crippen molar-refractivity contribution in [3.63, 3.8) is 0 Å². The van der Waals surface area contributed by atoms with Crippen molar-refractivity contribution in [3.05, 3.63) is 50.3 Å². The number of nitro benzene ring substituents is 1. The number of aromatic nitrogens is 1. The molecule has 0 saturated carbocycles. The Morgan fingerprint density at radius 2 is 2.04 bits per heavy atom. The van der Waals surface area contributed by atoms with Crippen LogP contribution in [0.25, 0.3) is 10.9 Å². The number of benzene rings is 1. The van der Waals surface area contributed by atoms with Gasteiger partial charge in [0.2, 0.25) is 5.56 Å². The van der Waals surface area contributed by atoms with Crippen LogP contribution in [0.5, 0.6) is 0 Å². The molecule has 0 atom stereocenters. The molecule has 0 aliphatic heterocycles. The van der Waals surface area contributed by atoms with Gasteiger partial charge in [-0.15, -0.1) is 12.4 Å². The minimum absolute atomic E-state index is 0. The lowest BCUT2D eigenvalue weighted by Crippen LogP contribution is -2.26. The second kappa shape index (κ2) is 8.25. The number of nitro groups is 1. The third kappa shape index (κ3) is 4.51. The van der Waals surface area contributed by atoms with Crippen LogP contribution in [-0.4, -0.2) is 28.9 Å². The van der Waals surface area contributed by atoms with Crippen LogP contribution in [0.15, 0.2) is 29.1 Å². The summed E-state index contributed by atoms with van der Waals surface area (Å²) in [5.41, 5.74) is 5.30. The fourth-order valence-corrected chi connectivity index (χ4v) is 2.11. The molecule has 1 aromatic carbocycles. The summed E-state index contributed by atoms with van der Waals surface area (Å²) >= 11 is 0. The number of nitrogens with zero attached hydrogens (tertiary/aromatic N) is 1. The van der Waals surface area contributed by atoms with Crippen LogP contribution in [0.4, 0.5) is 5.69 Å². The topological polar surface area (TPSA) is 131 Å². The first-order chi connectivity index (χ1) is 10.5. The summed E-state index contributed by atoms with van der Waals surface area (Å²) in [7, 11) is 0. The summed E-state index contributed by atoms with van der Waals surface area (Å²) in [5, 5.41) is 13.9. The number of amides is 1. The van der Waals surface area contributed by atoms with Crippen molar-refractivity contribution in [3.8, 4) is 0 Å². The molecule has 0 saturated heterocycles. The summed E-state index contributed by atoms with van der Waals surface area (Å²) in [5.74, 6) is -0.436. The lowest BCUT2D eigenvalue weighted by atomic mass is 10.1. The number of halogens is 1. The van der Waals surface area contributed by atoms with Gasteiger partial charge in [0.05, 0.1) is 10.5 Å². The maximum atomic E-state index is 12.2. The molecule has 8 nitrogen and oxygen atoms in total. The molecule has 0 aliphatic carbocycles. The summed E-state index contributed by atoms with van der Waals surface area (Å²) < 4.78 is 0. The molecule has 1 heterocycles. The highest BCUT2D eigenvalue weighted by molar-refractivity contribution is 6.06. The molecule has 9 heteroatoms. The molecule has 1 amide bonds. The third-order valence-electron chi connectivity index (χ3n) is 3.20. The highest BCUT2D eigenvalue weighted by Gasteiger charge is 2.15. The zero-order valence-corrected chi connectivity index (χ0v) is 13.0. The second-order valence-electron chi connectivity index (χ2n) is 4.79. The average Bonchev–Trinajstić information content (AvgIpc) is 2.50. The van der Waals surface area contributed by atoms with E-state index in [0.29, 0.717) is 24.0 Å². The number of hydrogen-bond donors (Lipinski definition) is 3. The van der Waals surface area contributed by atoms with E-state index in [-0.39, 0.29) is 23.7 Å². The van der Waals surface area contributed by atoms with E-state index in [1.165, 1.54) is 18.2 Å². The van der Waals surface area contributed by atoms with Crippen molar-refractivity contribution >= 4 is 34.9 Å². The normalized spacial score (nSPS) is 10.1. The Labute approximate surface area is 137 Å². The molecular formula is C14H17ClN4O4. The van der Waals surface area contributed by atoms with Gasteiger partial charge in [0, 0.05) is 35.6 Å². The minimum atomic E-state index is -0.548. The van der Waals surface area contributed by atoms with E-state index in [1.807, 2.05) is 0 Å². The molecular weight excluding hydrogens is 324 g/mol. The average molecular weight is 341 g/mol. The molecule has 0 radical (unpaired) electrons. The van der Waals surface area contributed by atoms with Crippen LogP contribution in [0.1, 0.15) is 23.2 Å². The number of fused-ring (bicyclic) bond motifs is 1. The Morgan fingerprint density at radius 3 is 2.70 bits per heavy atom. The number of nitrogens with two attached hydrogens (primary N) is 1. The monoisotopic (exact) mass is 340 g/mol. The Balaban J connectivity index is 0.00000264. The summed E-state index contributed by atoms with van der Waals surface area (Å²) in [4.78, 5) is 36.7. The molecule has 0 fully saturated rings. The predicted molar refractivity (Wildman–Crippen MR) is 89.1 cm³/mol. The van der Waals surface area contributed by atoms with Crippen molar-refractivity contribution in [1.29, 1.82) is 0 Å². The quantitative estimate of drug-likeness (QED) is 0.414. The first kappa shape index (κ1) is 18.6. The van der Waals surface area contributed by atoms with Crippen LogP contribution in [-0.2, 0) is 0 Å². The van der Waals surface area contributed by atoms with Gasteiger partial charge >= 0.3 is 0 Å². The molecule has 0 spiro atoms. The summed E-state index contributed by atoms with van der Waals surface area (Å²) in [6, 6.07) is 5.12. The van der Waals surface area contributed by atoms with E-state index in [9.17, 15) is 19.7 Å². The van der Waals surface area contributed by atoms with Gasteiger partial charge < -0.3 is 16.0 Å². The number of nitrogens with one attached hydrogen (secondary N) is 2.